The molecule has 0 N–H and O–H groups in total. The average molecular weight is 396 g/mol. The largest absolute Gasteiger partial charge is 0.497 e. The first-order valence-corrected chi connectivity index (χ1v) is 9.66. The number of carbonyl (C=O) groups excluding carboxylic acids is 2. The van der Waals surface area contributed by atoms with Crippen LogP contribution in [0.4, 0.5) is 0 Å². The van der Waals surface area contributed by atoms with Gasteiger partial charge < -0.3 is 18.9 Å². The Kier molecular flexibility index (Phi) is 4.68. The molecule has 2 aliphatic heterocycles. The molecular formula is C22H24N2O5. The van der Waals surface area contributed by atoms with Gasteiger partial charge in [-0.05, 0) is 32.0 Å². The van der Waals surface area contributed by atoms with E-state index in [0.29, 0.717) is 36.6 Å². The zero-order chi connectivity index (χ0) is 20.8. The van der Waals surface area contributed by atoms with Gasteiger partial charge in [-0.2, -0.15) is 0 Å². The van der Waals surface area contributed by atoms with E-state index in [-0.39, 0.29) is 30.1 Å². The third-order valence-electron chi connectivity index (χ3n) is 5.81. The van der Waals surface area contributed by atoms with Gasteiger partial charge in [-0.15, -0.1) is 0 Å². The van der Waals surface area contributed by atoms with Gasteiger partial charge in [0.05, 0.1) is 25.6 Å². The minimum Gasteiger partial charge on any atom is -0.497 e. The van der Waals surface area contributed by atoms with Crippen LogP contribution in [-0.2, 0) is 11.3 Å². The number of rotatable bonds is 3. The molecule has 1 aromatic carbocycles. The van der Waals surface area contributed by atoms with Gasteiger partial charge in [0.2, 0.25) is 5.91 Å². The molecule has 0 saturated carbocycles. The zero-order valence-electron chi connectivity index (χ0n) is 16.9. The van der Waals surface area contributed by atoms with Crippen LogP contribution < -0.4 is 14.9 Å². The second-order valence-corrected chi connectivity index (χ2v) is 7.87. The predicted molar refractivity (Wildman–Crippen MR) is 107 cm³/mol. The van der Waals surface area contributed by atoms with Crippen LogP contribution in [0.1, 0.15) is 34.6 Å². The van der Waals surface area contributed by atoms with Crippen LogP contribution in [0.15, 0.2) is 35.1 Å². The predicted octanol–water partition coefficient (Wildman–Crippen LogP) is 2.11. The summed E-state index contributed by atoms with van der Waals surface area (Å²) >= 11 is 0. The minimum atomic E-state index is -0.679. The summed E-state index contributed by atoms with van der Waals surface area (Å²) in [6.07, 6.45) is 0.852. The normalized spacial score (nSPS) is 20.5. The molecule has 1 amide bonds. The summed E-state index contributed by atoms with van der Waals surface area (Å²) in [4.78, 5) is 39.0. The lowest BCUT2D eigenvalue weighted by Crippen LogP contribution is -2.45. The fourth-order valence-corrected chi connectivity index (χ4v) is 4.26. The number of carbonyl (C=O) groups is 2. The molecule has 2 aliphatic rings. The van der Waals surface area contributed by atoms with E-state index in [1.165, 1.54) is 12.1 Å². The van der Waals surface area contributed by atoms with Crippen molar-refractivity contribution in [2.45, 2.75) is 38.8 Å². The molecule has 1 fully saturated rings. The molecule has 152 valence electrons. The van der Waals surface area contributed by atoms with Crippen molar-refractivity contribution in [3.8, 4) is 11.5 Å². The Balaban J connectivity index is 1.51. The lowest BCUT2D eigenvalue weighted by atomic mass is 9.89. The number of Topliss-reactive ketones (excluding diaryl/α,β-unsaturated/α-hetero) is 1. The van der Waals surface area contributed by atoms with Crippen LogP contribution in [0.25, 0.3) is 0 Å². The first kappa shape index (κ1) is 19.2. The van der Waals surface area contributed by atoms with E-state index >= 15 is 0 Å². The lowest BCUT2D eigenvalue weighted by Gasteiger charge is -2.34. The molecule has 1 unspecified atom stereocenters. The van der Waals surface area contributed by atoms with Crippen molar-refractivity contribution in [2.24, 2.45) is 0 Å². The van der Waals surface area contributed by atoms with Crippen molar-refractivity contribution >= 4 is 11.7 Å². The van der Waals surface area contributed by atoms with Crippen molar-refractivity contribution in [2.75, 3.05) is 20.2 Å². The number of ketones is 1. The summed E-state index contributed by atoms with van der Waals surface area (Å²) in [6.45, 7) is 4.72. The van der Waals surface area contributed by atoms with Crippen molar-refractivity contribution in [1.29, 1.82) is 0 Å². The minimum absolute atomic E-state index is 0.00606. The van der Waals surface area contributed by atoms with E-state index < -0.39 is 5.60 Å². The zero-order valence-corrected chi connectivity index (χ0v) is 16.9. The summed E-state index contributed by atoms with van der Waals surface area (Å²) in [5.74, 6) is 1.12. The molecule has 0 radical (unpaired) electrons. The Labute approximate surface area is 168 Å². The first-order chi connectivity index (χ1) is 13.8. The van der Waals surface area contributed by atoms with Gasteiger partial charge in [-0.1, -0.05) is 0 Å². The Hall–Kier alpha value is -3.09. The average Bonchev–Trinajstić information content (AvgIpc) is 3.07. The van der Waals surface area contributed by atoms with Gasteiger partial charge >= 0.3 is 0 Å². The number of methoxy groups -OCH3 is 1. The molecule has 3 heterocycles. The van der Waals surface area contributed by atoms with Gasteiger partial charge in [0, 0.05) is 36.5 Å². The number of nitrogens with zero attached hydrogens (tertiary/aromatic N) is 2. The number of hydrogen-bond donors (Lipinski definition) is 0. The third kappa shape index (κ3) is 3.52. The van der Waals surface area contributed by atoms with Crippen molar-refractivity contribution in [3.63, 3.8) is 0 Å². The number of ether oxygens (including phenoxy) is 2. The topological polar surface area (TPSA) is 77.8 Å². The maximum Gasteiger partial charge on any atom is 0.242 e. The molecule has 1 spiro atoms. The number of amides is 1. The lowest BCUT2D eigenvalue weighted by molar-refractivity contribution is -0.131. The Bertz CT molecular complexity index is 1030. The molecule has 1 atom stereocenters. The third-order valence-corrected chi connectivity index (χ3v) is 5.81. The van der Waals surface area contributed by atoms with Gasteiger partial charge in [0.1, 0.15) is 23.6 Å². The van der Waals surface area contributed by atoms with Gasteiger partial charge in [0.25, 0.3) is 0 Å². The molecule has 0 aliphatic carbocycles. The highest BCUT2D eigenvalue weighted by Gasteiger charge is 2.47. The molecule has 2 aromatic rings. The number of fused-ring (bicyclic) bond motifs is 1. The maximum atomic E-state index is 12.9. The first-order valence-electron chi connectivity index (χ1n) is 9.66. The van der Waals surface area contributed by atoms with E-state index in [4.69, 9.17) is 9.47 Å². The molecular weight excluding hydrogens is 372 g/mol. The van der Waals surface area contributed by atoms with Crippen LogP contribution in [0.2, 0.25) is 0 Å². The van der Waals surface area contributed by atoms with Crippen LogP contribution in [0.5, 0.6) is 11.5 Å². The highest BCUT2D eigenvalue weighted by atomic mass is 16.5. The van der Waals surface area contributed by atoms with Crippen LogP contribution >= 0.6 is 0 Å². The number of aryl methyl sites for hydroxylation is 2. The number of pyridine rings is 1. The quantitative estimate of drug-likeness (QED) is 0.794. The highest BCUT2D eigenvalue weighted by Crippen LogP contribution is 2.40. The van der Waals surface area contributed by atoms with Gasteiger partial charge in [0.15, 0.2) is 11.2 Å². The van der Waals surface area contributed by atoms with Gasteiger partial charge in [-0.3, -0.25) is 14.4 Å². The van der Waals surface area contributed by atoms with Crippen LogP contribution in [-0.4, -0.2) is 47.0 Å². The van der Waals surface area contributed by atoms with E-state index in [9.17, 15) is 14.4 Å². The highest BCUT2D eigenvalue weighted by molar-refractivity contribution is 6.01. The molecule has 1 saturated heterocycles. The van der Waals surface area contributed by atoms with Crippen molar-refractivity contribution in [1.82, 2.24) is 9.47 Å². The smallest absolute Gasteiger partial charge is 0.242 e. The summed E-state index contributed by atoms with van der Waals surface area (Å²) in [5, 5.41) is 0. The second-order valence-electron chi connectivity index (χ2n) is 7.87. The Morgan fingerprint density at radius 2 is 1.90 bits per heavy atom. The van der Waals surface area contributed by atoms with Crippen molar-refractivity contribution < 1.29 is 19.1 Å². The standard InChI is InChI=1S/C22H24N2O5/c1-14-8-16(25)9-15(2)24(14)12-21(27)23-7-6-22(13-23)11-19(26)18-10-17(28-3)4-5-20(18)29-22/h4-5,8-10H,6-7,11-13H2,1-3H3. The Morgan fingerprint density at radius 3 is 2.59 bits per heavy atom. The summed E-state index contributed by atoms with van der Waals surface area (Å²) in [6, 6.07) is 8.28. The second kappa shape index (κ2) is 7.06. The fourth-order valence-electron chi connectivity index (χ4n) is 4.26. The maximum absolute atomic E-state index is 12.9. The Morgan fingerprint density at radius 1 is 1.17 bits per heavy atom. The molecule has 4 rings (SSSR count). The fraction of sp³-hybridized carbons (Fsp3) is 0.409. The number of likely N-dealkylation sites (tertiary alicyclic amines) is 1. The van der Waals surface area contributed by atoms with E-state index in [0.717, 1.165) is 11.4 Å². The summed E-state index contributed by atoms with van der Waals surface area (Å²) in [7, 11) is 1.56. The SMILES string of the molecule is COc1ccc2c(c1)C(=O)CC1(CCN(C(=O)Cn3c(C)cc(=O)cc3C)C1)O2. The van der Waals surface area contributed by atoms with E-state index in [1.54, 1.807) is 30.2 Å². The monoisotopic (exact) mass is 396 g/mol. The van der Waals surface area contributed by atoms with Crippen molar-refractivity contribution in [3.05, 3.63) is 57.5 Å². The van der Waals surface area contributed by atoms with Crippen LogP contribution in [0, 0.1) is 13.8 Å². The molecule has 0 bridgehead atoms. The van der Waals surface area contributed by atoms with Gasteiger partial charge in [-0.25, -0.2) is 0 Å². The van der Waals surface area contributed by atoms with E-state index in [2.05, 4.69) is 0 Å². The summed E-state index contributed by atoms with van der Waals surface area (Å²) < 4.78 is 13.3. The molecule has 29 heavy (non-hydrogen) atoms. The van der Waals surface area contributed by atoms with Crippen LogP contribution in [0.3, 0.4) is 0 Å². The molecule has 1 aromatic heterocycles. The summed E-state index contributed by atoms with van der Waals surface area (Å²) in [5.41, 5.74) is 1.29. The number of benzene rings is 1. The number of hydrogen-bond acceptors (Lipinski definition) is 5. The number of aromatic nitrogens is 1. The molecule has 7 heteroatoms. The van der Waals surface area contributed by atoms with E-state index in [1.807, 2.05) is 18.4 Å². The molecule has 7 nitrogen and oxygen atoms in total.